The van der Waals surface area contributed by atoms with Crippen LogP contribution in [0.3, 0.4) is 0 Å². The molecule has 1 heterocycles. The monoisotopic (exact) mass is 490 g/mol. The fourth-order valence-electron chi connectivity index (χ4n) is 7.73. The average Bonchev–Trinajstić information content (AvgIpc) is 3.12. The van der Waals surface area contributed by atoms with Crippen LogP contribution in [0.4, 0.5) is 5.69 Å². The summed E-state index contributed by atoms with van der Waals surface area (Å²) < 4.78 is 0. The summed E-state index contributed by atoms with van der Waals surface area (Å²) >= 11 is 6.20. The summed E-state index contributed by atoms with van der Waals surface area (Å²) in [5.74, 6) is 1.45. The second-order valence-corrected chi connectivity index (χ2v) is 11.6. The van der Waals surface area contributed by atoms with Gasteiger partial charge >= 0.3 is 0 Å². The highest BCUT2D eigenvalue weighted by Gasteiger charge is 2.57. The van der Waals surface area contributed by atoms with E-state index in [0.29, 0.717) is 41.4 Å². The predicted molar refractivity (Wildman–Crippen MR) is 135 cm³/mol. The van der Waals surface area contributed by atoms with Gasteiger partial charge in [0, 0.05) is 11.6 Å². The Morgan fingerprint density at radius 2 is 1.60 bits per heavy atom. The van der Waals surface area contributed by atoms with Crippen molar-refractivity contribution in [3.05, 3.63) is 65.2 Å². The molecule has 1 unspecified atom stereocenters. The third kappa shape index (κ3) is 4.08. The number of hydrogen-bond acceptors (Lipinski definition) is 3. The molecule has 0 spiro atoms. The smallest absolute Gasteiger partial charge is 0.257 e. The zero-order valence-electron chi connectivity index (χ0n) is 19.9. The van der Waals surface area contributed by atoms with Gasteiger partial charge in [-0.25, -0.2) is 4.90 Å². The topological polar surface area (TPSA) is 57.7 Å². The van der Waals surface area contributed by atoms with Gasteiger partial charge in [-0.3, -0.25) is 14.4 Å². The van der Waals surface area contributed by atoms with Crippen molar-refractivity contribution in [2.75, 3.05) is 11.4 Å². The van der Waals surface area contributed by atoms with Crippen molar-refractivity contribution >= 4 is 35.0 Å². The van der Waals surface area contributed by atoms with E-state index in [4.69, 9.17) is 11.6 Å². The van der Waals surface area contributed by atoms with Crippen LogP contribution in [0, 0.1) is 23.2 Å². The summed E-state index contributed by atoms with van der Waals surface area (Å²) in [5, 5.41) is 0.656. The Morgan fingerprint density at radius 3 is 2.23 bits per heavy atom. The maximum atomic E-state index is 14.4. The van der Waals surface area contributed by atoms with E-state index in [1.807, 2.05) is 42.5 Å². The van der Waals surface area contributed by atoms with Gasteiger partial charge in [0.1, 0.15) is 6.04 Å². The first-order valence-electron chi connectivity index (χ1n) is 12.9. The molecule has 5 aliphatic rings. The highest BCUT2D eigenvalue weighted by atomic mass is 35.5. The van der Waals surface area contributed by atoms with Crippen LogP contribution in [0.2, 0.25) is 5.02 Å². The first kappa shape index (κ1) is 22.8. The molecule has 1 atom stereocenters. The summed E-state index contributed by atoms with van der Waals surface area (Å²) in [5.41, 5.74) is 1.23. The quantitative estimate of drug-likeness (QED) is 0.519. The second kappa shape index (κ2) is 8.77. The van der Waals surface area contributed by atoms with E-state index in [9.17, 15) is 14.4 Å². The number of imide groups is 1. The van der Waals surface area contributed by atoms with Crippen LogP contribution < -0.4 is 4.90 Å². The lowest BCUT2D eigenvalue weighted by Crippen LogP contribution is -2.58. The summed E-state index contributed by atoms with van der Waals surface area (Å²) in [4.78, 5) is 44.1. The van der Waals surface area contributed by atoms with E-state index in [1.54, 1.807) is 17.0 Å². The Morgan fingerprint density at radius 1 is 0.943 bits per heavy atom. The number of hydrogen-bond donors (Lipinski definition) is 0. The van der Waals surface area contributed by atoms with E-state index in [-0.39, 0.29) is 29.6 Å². The summed E-state index contributed by atoms with van der Waals surface area (Å²) in [6, 6.07) is 15.9. The number of para-hydroxylation sites is 1. The minimum Gasteiger partial charge on any atom is -0.329 e. The van der Waals surface area contributed by atoms with Crippen LogP contribution in [0.1, 0.15) is 50.5 Å². The molecule has 0 aromatic heterocycles. The Bertz CT molecular complexity index is 1130. The largest absolute Gasteiger partial charge is 0.329 e. The maximum absolute atomic E-state index is 14.4. The summed E-state index contributed by atoms with van der Waals surface area (Å²) in [6.07, 6.45) is 7.19. The number of benzene rings is 2. The zero-order chi connectivity index (χ0) is 24.2. The molecule has 6 heteroatoms. The van der Waals surface area contributed by atoms with Crippen molar-refractivity contribution in [3.8, 4) is 0 Å². The third-order valence-corrected chi connectivity index (χ3v) is 9.03. The van der Waals surface area contributed by atoms with Crippen LogP contribution in [0.15, 0.2) is 54.6 Å². The van der Waals surface area contributed by atoms with E-state index in [1.165, 1.54) is 24.2 Å². The van der Waals surface area contributed by atoms with E-state index in [2.05, 4.69) is 0 Å². The van der Waals surface area contributed by atoms with Gasteiger partial charge in [0.2, 0.25) is 11.8 Å². The molecule has 2 aromatic rings. The first-order valence-corrected chi connectivity index (χ1v) is 13.3. The molecular formula is C29H31ClN2O3. The van der Waals surface area contributed by atoms with E-state index in [0.717, 1.165) is 24.8 Å². The standard InChI is InChI=1S/C29H31ClN2O3/c30-23-6-4-5-19(14-23)9-10-31(25-15-26(33)32(27(25)34)24-7-2-1-3-8-24)28(35)29-16-20-11-21(17-29)13-22(12-20)18-29/h1-8,14,20-22,25H,9-13,15-18H2. The minimum absolute atomic E-state index is 0.0430. The molecule has 7 rings (SSSR count). The number of rotatable bonds is 6. The molecule has 35 heavy (non-hydrogen) atoms. The Kier molecular flexibility index (Phi) is 5.71. The van der Waals surface area contributed by atoms with Crippen molar-refractivity contribution in [2.45, 2.75) is 57.4 Å². The molecule has 5 nitrogen and oxygen atoms in total. The molecule has 4 bridgehead atoms. The van der Waals surface area contributed by atoms with Gasteiger partial charge in [-0.05, 0) is 92.5 Å². The van der Waals surface area contributed by atoms with Gasteiger partial charge in [-0.2, -0.15) is 0 Å². The predicted octanol–water partition coefficient (Wildman–Crippen LogP) is 5.26. The molecule has 1 saturated heterocycles. The minimum atomic E-state index is -0.748. The van der Waals surface area contributed by atoms with Gasteiger partial charge in [0.05, 0.1) is 17.5 Å². The first-order chi connectivity index (χ1) is 16.9. The Balaban J connectivity index is 1.31. The molecule has 4 saturated carbocycles. The van der Waals surface area contributed by atoms with Gasteiger partial charge < -0.3 is 4.90 Å². The van der Waals surface area contributed by atoms with Gasteiger partial charge in [-0.15, -0.1) is 0 Å². The molecule has 2 aromatic carbocycles. The van der Waals surface area contributed by atoms with Crippen LogP contribution in [-0.4, -0.2) is 35.2 Å². The van der Waals surface area contributed by atoms with Crippen LogP contribution in [0.25, 0.3) is 0 Å². The van der Waals surface area contributed by atoms with Crippen molar-refractivity contribution in [1.29, 1.82) is 0 Å². The molecule has 4 aliphatic carbocycles. The molecule has 0 N–H and O–H groups in total. The lowest BCUT2D eigenvalue weighted by Gasteiger charge is -2.57. The van der Waals surface area contributed by atoms with Crippen molar-refractivity contribution in [1.82, 2.24) is 4.90 Å². The maximum Gasteiger partial charge on any atom is 0.257 e. The Hall–Kier alpha value is -2.66. The number of amides is 3. The summed E-state index contributed by atoms with van der Waals surface area (Å²) in [7, 11) is 0. The molecule has 182 valence electrons. The van der Waals surface area contributed by atoms with Crippen molar-refractivity contribution < 1.29 is 14.4 Å². The van der Waals surface area contributed by atoms with Gasteiger partial charge in [0.15, 0.2) is 0 Å². The number of anilines is 1. The molecular weight excluding hydrogens is 460 g/mol. The van der Waals surface area contributed by atoms with E-state index < -0.39 is 6.04 Å². The zero-order valence-corrected chi connectivity index (χ0v) is 20.6. The number of carbonyl (C=O) groups is 3. The van der Waals surface area contributed by atoms with Crippen molar-refractivity contribution in [2.24, 2.45) is 23.2 Å². The lowest BCUT2D eigenvalue weighted by atomic mass is 9.49. The third-order valence-electron chi connectivity index (χ3n) is 8.80. The molecule has 5 fully saturated rings. The summed E-state index contributed by atoms with van der Waals surface area (Å²) in [6.45, 7) is 0.410. The van der Waals surface area contributed by atoms with Gasteiger partial charge in [-0.1, -0.05) is 41.9 Å². The second-order valence-electron chi connectivity index (χ2n) is 11.2. The lowest BCUT2D eigenvalue weighted by molar-refractivity contribution is -0.161. The highest BCUT2D eigenvalue weighted by Crippen LogP contribution is 2.60. The number of carbonyl (C=O) groups excluding carboxylic acids is 3. The fourth-order valence-corrected chi connectivity index (χ4v) is 7.94. The fraction of sp³-hybridized carbons (Fsp3) is 0.483. The average molecular weight is 491 g/mol. The SMILES string of the molecule is O=C1CC(N(CCc2cccc(Cl)c2)C(=O)C23CC4CC(CC(C4)C2)C3)C(=O)N1c1ccccc1. The number of nitrogens with zero attached hydrogens (tertiary/aromatic N) is 2. The van der Waals surface area contributed by atoms with Crippen molar-refractivity contribution in [3.63, 3.8) is 0 Å². The molecule has 1 aliphatic heterocycles. The van der Waals surface area contributed by atoms with Crippen LogP contribution >= 0.6 is 11.6 Å². The Labute approximate surface area is 211 Å². The van der Waals surface area contributed by atoms with Crippen LogP contribution in [0.5, 0.6) is 0 Å². The highest BCUT2D eigenvalue weighted by molar-refractivity contribution is 6.30. The van der Waals surface area contributed by atoms with Gasteiger partial charge in [0.25, 0.3) is 5.91 Å². The van der Waals surface area contributed by atoms with Crippen LogP contribution in [-0.2, 0) is 20.8 Å². The normalized spacial score (nSPS) is 31.3. The molecule has 3 amide bonds. The van der Waals surface area contributed by atoms with E-state index >= 15 is 0 Å². The number of halogens is 1. The molecule has 0 radical (unpaired) electrons.